The number of rotatable bonds is 4. The van der Waals surface area contributed by atoms with Gasteiger partial charge in [-0.15, -0.1) is 0 Å². The molecule has 0 amide bonds. The largest absolute Gasteiger partial charge is 0.497 e. The Hall–Kier alpha value is -2.34. The summed E-state index contributed by atoms with van der Waals surface area (Å²) in [5.74, 6) is 5.84. The van der Waals surface area contributed by atoms with E-state index in [0.717, 1.165) is 0 Å². The molecule has 2 rings (SSSR count). The Labute approximate surface area is 96.7 Å². The van der Waals surface area contributed by atoms with E-state index in [1.165, 1.54) is 0 Å². The second-order valence-electron chi connectivity index (χ2n) is 3.41. The predicted molar refractivity (Wildman–Crippen MR) is 65.4 cm³/mol. The Morgan fingerprint density at radius 2 is 1.65 bits per heavy atom. The number of benzene rings is 1. The maximum absolute atomic E-state index is 11.3. The number of hydrogen-bond donors (Lipinski definition) is 3. The number of nitrogen functional groups attached to an aromatic ring is 1. The van der Waals surface area contributed by atoms with Gasteiger partial charge < -0.3 is 15.5 Å². The summed E-state index contributed by atoms with van der Waals surface area (Å²) in [6.45, 7) is 0. The van der Waals surface area contributed by atoms with E-state index < -0.39 is 10.9 Å². The maximum atomic E-state index is 11.3. The van der Waals surface area contributed by atoms with Crippen molar-refractivity contribution in [2.24, 2.45) is 5.84 Å². The summed E-state index contributed by atoms with van der Waals surface area (Å²) >= 11 is 0. The monoisotopic (exact) mass is 233 g/mol. The maximum Gasteiger partial charge on any atom is 0.254 e. The third kappa shape index (κ3) is 1.85. The fourth-order valence-corrected chi connectivity index (χ4v) is 1.47. The molecule has 4 N–H and O–H groups in total. The van der Waals surface area contributed by atoms with Crippen molar-refractivity contribution in [2.45, 2.75) is 0 Å². The molecule has 0 heterocycles. The SMILES string of the molecule is COc1ccc(Nc2c(NN)c(=O)c2=O)cc1. The Balaban J connectivity index is 2.23. The molecule has 6 heteroatoms. The van der Waals surface area contributed by atoms with Crippen LogP contribution >= 0.6 is 0 Å². The first-order chi connectivity index (χ1) is 8.17. The van der Waals surface area contributed by atoms with Crippen molar-refractivity contribution in [1.82, 2.24) is 0 Å². The number of methoxy groups -OCH3 is 1. The van der Waals surface area contributed by atoms with Gasteiger partial charge in [0.25, 0.3) is 10.9 Å². The third-order valence-electron chi connectivity index (χ3n) is 2.41. The molecule has 2 aromatic rings. The molecule has 17 heavy (non-hydrogen) atoms. The summed E-state index contributed by atoms with van der Waals surface area (Å²) < 4.78 is 5.00. The van der Waals surface area contributed by atoms with Crippen molar-refractivity contribution in [3.63, 3.8) is 0 Å². The quantitative estimate of drug-likeness (QED) is 0.400. The van der Waals surface area contributed by atoms with Gasteiger partial charge in [0.1, 0.15) is 17.1 Å². The molecule has 0 atom stereocenters. The molecule has 0 saturated carbocycles. The second kappa shape index (κ2) is 4.26. The van der Waals surface area contributed by atoms with Crippen LogP contribution in [0, 0.1) is 0 Å². The molecule has 0 radical (unpaired) electrons. The molecule has 0 aliphatic rings. The van der Waals surface area contributed by atoms with Gasteiger partial charge in [-0.05, 0) is 24.3 Å². The number of hydrogen-bond acceptors (Lipinski definition) is 6. The highest BCUT2D eigenvalue weighted by atomic mass is 16.5. The predicted octanol–water partition coefficient (Wildman–Crippen LogP) is 0.320. The average Bonchev–Trinajstić information content (AvgIpc) is 2.38. The van der Waals surface area contributed by atoms with Crippen LogP contribution in [-0.4, -0.2) is 7.11 Å². The fraction of sp³-hybridized carbons (Fsp3) is 0.0909. The Kier molecular flexibility index (Phi) is 2.80. The van der Waals surface area contributed by atoms with Crippen LogP contribution in [0.25, 0.3) is 0 Å². The minimum atomic E-state index is -0.608. The zero-order valence-corrected chi connectivity index (χ0v) is 9.11. The molecule has 2 aromatic carbocycles. The minimum absolute atomic E-state index is 0.103. The van der Waals surface area contributed by atoms with Crippen molar-refractivity contribution in [1.29, 1.82) is 0 Å². The highest BCUT2D eigenvalue weighted by Gasteiger charge is 2.19. The van der Waals surface area contributed by atoms with E-state index >= 15 is 0 Å². The number of nitrogens with two attached hydrogens (primary N) is 1. The number of anilines is 3. The molecular formula is C11H11N3O3. The lowest BCUT2D eigenvalue weighted by molar-refractivity contribution is 0.415. The van der Waals surface area contributed by atoms with E-state index in [4.69, 9.17) is 10.6 Å². The summed E-state index contributed by atoms with van der Waals surface area (Å²) in [5.41, 5.74) is 1.97. The molecule has 0 bridgehead atoms. The van der Waals surface area contributed by atoms with Crippen LogP contribution in [0.2, 0.25) is 0 Å². The number of ether oxygens (including phenoxy) is 1. The molecule has 88 valence electrons. The first-order valence-corrected chi connectivity index (χ1v) is 4.88. The van der Waals surface area contributed by atoms with E-state index in [1.807, 2.05) is 0 Å². The van der Waals surface area contributed by atoms with Gasteiger partial charge in [-0.25, -0.2) is 0 Å². The normalized spacial score (nSPS) is 10.2. The Morgan fingerprint density at radius 1 is 1.06 bits per heavy atom. The van der Waals surface area contributed by atoms with Crippen molar-refractivity contribution >= 4 is 17.1 Å². The van der Waals surface area contributed by atoms with Crippen molar-refractivity contribution in [3.8, 4) is 5.75 Å². The van der Waals surface area contributed by atoms with Crippen LogP contribution in [-0.2, 0) is 0 Å². The summed E-state index contributed by atoms with van der Waals surface area (Å²) in [6, 6.07) is 6.94. The molecule has 0 fully saturated rings. The molecular weight excluding hydrogens is 222 g/mol. The van der Waals surface area contributed by atoms with Gasteiger partial charge in [-0.2, -0.15) is 0 Å². The molecule has 0 unspecified atom stereocenters. The van der Waals surface area contributed by atoms with E-state index in [-0.39, 0.29) is 11.4 Å². The third-order valence-corrected chi connectivity index (χ3v) is 2.41. The number of nitrogens with one attached hydrogen (secondary N) is 2. The van der Waals surface area contributed by atoms with E-state index in [9.17, 15) is 9.59 Å². The first kappa shape index (κ1) is 11.2. The second-order valence-corrected chi connectivity index (χ2v) is 3.41. The van der Waals surface area contributed by atoms with Gasteiger partial charge in [0.2, 0.25) is 0 Å². The molecule has 0 aliphatic heterocycles. The Morgan fingerprint density at radius 3 is 2.18 bits per heavy atom. The molecule has 0 saturated heterocycles. The van der Waals surface area contributed by atoms with Crippen LogP contribution in [0.3, 0.4) is 0 Å². The summed E-state index contributed by atoms with van der Waals surface area (Å²) in [5, 5.41) is 2.82. The topological polar surface area (TPSA) is 93.4 Å². The fourth-order valence-electron chi connectivity index (χ4n) is 1.47. The lowest BCUT2D eigenvalue weighted by Gasteiger charge is -2.12. The van der Waals surface area contributed by atoms with Crippen LogP contribution in [0.15, 0.2) is 33.9 Å². The smallest absolute Gasteiger partial charge is 0.254 e. The molecule has 6 nitrogen and oxygen atoms in total. The molecule has 0 spiro atoms. The molecule has 0 aliphatic carbocycles. The number of hydrazine groups is 1. The zero-order valence-electron chi connectivity index (χ0n) is 9.11. The van der Waals surface area contributed by atoms with Gasteiger partial charge in [0, 0.05) is 5.69 Å². The van der Waals surface area contributed by atoms with E-state index in [1.54, 1.807) is 31.4 Å². The van der Waals surface area contributed by atoms with Crippen LogP contribution in [0.5, 0.6) is 5.75 Å². The van der Waals surface area contributed by atoms with Crippen LogP contribution < -0.4 is 32.2 Å². The average molecular weight is 233 g/mol. The van der Waals surface area contributed by atoms with E-state index in [2.05, 4.69) is 10.7 Å². The van der Waals surface area contributed by atoms with Gasteiger partial charge in [0.15, 0.2) is 0 Å². The first-order valence-electron chi connectivity index (χ1n) is 4.88. The van der Waals surface area contributed by atoms with Gasteiger partial charge >= 0.3 is 0 Å². The Bertz CT molecular complexity index is 597. The summed E-state index contributed by atoms with van der Waals surface area (Å²) in [7, 11) is 1.57. The van der Waals surface area contributed by atoms with Gasteiger partial charge in [-0.1, -0.05) is 0 Å². The van der Waals surface area contributed by atoms with E-state index in [0.29, 0.717) is 11.4 Å². The lowest BCUT2D eigenvalue weighted by atomic mass is 10.2. The lowest BCUT2D eigenvalue weighted by Crippen LogP contribution is -2.38. The molecule has 0 aromatic heterocycles. The van der Waals surface area contributed by atoms with Crippen LogP contribution in [0.1, 0.15) is 0 Å². The van der Waals surface area contributed by atoms with Crippen molar-refractivity contribution in [2.75, 3.05) is 17.9 Å². The summed E-state index contributed by atoms with van der Waals surface area (Å²) in [6.07, 6.45) is 0. The highest BCUT2D eigenvalue weighted by Crippen LogP contribution is 2.21. The van der Waals surface area contributed by atoms with Crippen LogP contribution in [0.4, 0.5) is 17.1 Å². The summed E-state index contributed by atoms with van der Waals surface area (Å²) in [4.78, 5) is 22.4. The van der Waals surface area contributed by atoms with Crippen molar-refractivity contribution < 1.29 is 4.74 Å². The minimum Gasteiger partial charge on any atom is -0.497 e. The van der Waals surface area contributed by atoms with Crippen molar-refractivity contribution in [3.05, 3.63) is 44.7 Å². The highest BCUT2D eigenvalue weighted by molar-refractivity contribution is 5.78. The standard InChI is InChI=1S/C11H11N3O3/c1-17-7-4-2-6(3-5-7)13-8-9(14-12)11(16)10(8)15/h2-5,13-14H,12H2,1H3. The zero-order chi connectivity index (χ0) is 12.4. The van der Waals surface area contributed by atoms with Gasteiger partial charge in [0.05, 0.1) is 7.11 Å². The van der Waals surface area contributed by atoms with Gasteiger partial charge in [-0.3, -0.25) is 15.4 Å².